The van der Waals surface area contributed by atoms with Crippen LogP contribution in [-0.2, 0) is 9.53 Å². The predicted molar refractivity (Wildman–Crippen MR) is 40.0 cm³/mol. The largest absolute Gasteiger partial charge is 0.468 e. The minimum atomic E-state index is -0.0579. The summed E-state index contributed by atoms with van der Waals surface area (Å²) in [7, 11) is 3.46. The molecular formula is C8H13NO2. The molecule has 1 saturated carbocycles. The molecule has 62 valence electrons. The zero-order valence-electron chi connectivity index (χ0n) is 6.91. The highest BCUT2D eigenvalue weighted by molar-refractivity contribution is 5.77. The Morgan fingerprint density at radius 3 is 2.82 bits per heavy atom. The second-order valence-corrected chi connectivity index (χ2v) is 3.57. The Hall–Kier alpha value is -0.570. The van der Waals surface area contributed by atoms with Crippen molar-refractivity contribution in [2.24, 2.45) is 11.8 Å². The minimum Gasteiger partial charge on any atom is -0.468 e. The van der Waals surface area contributed by atoms with Gasteiger partial charge in [-0.15, -0.1) is 0 Å². The van der Waals surface area contributed by atoms with Crippen molar-refractivity contribution >= 4 is 5.97 Å². The fourth-order valence-electron chi connectivity index (χ4n) is 2.15. The van der Waals surface area contributed by atoms with Crippen molar-refractivity contribution in [3.63, 3.8) is 0 Å². The lowest BCUT2D eigenvalue weighted by Gasteiger charge is -2.19. The van der Waals surface area contributed by atoms with E-state index < -0.39 is 0 Å². The SMILES string of the molecule is COC(=O)[C@@H]1[C@@H]2C[C@@H]2CN1C. The van der Waals surface area contributed by atoms with Crippen LogP contribution in [0.15, 0.2) is 0 Å². The van der Waals surface area contributed by atoms with Gasteiger partial charge >= 0.3 is 5.97 Å². The van der Waals surface area contributed by atoms with Crippen molar-refractivity contribution in [3.8, 4) is 0 Å². The lowest BCUT2D eigenvalue weighted by Crippen LogP contribution is -2.37. The van der Waals surface area contributed by atoms with Crippen LogP contribution in [0.2, 0.25) is 0 Å². The van der Waals surface area contributed by atoms with Gasteiger partial charge in [0.1, 0.15) is 6.04 Å². The van der Waals surface area contributed by atoms with E-state index in [1.807, 2.05) is 7.05 Å². The van der Waals surface area contributed by atoms with Crippen molar-refractivity contribution in [2.75, 3.05) is 20.7 Å². The molecule has 1 heterocycles. The van der Waals surface area contributed by atoms with Crippen molar-refractivity contribution in [1.29, 1.82) is 0 Å². The van der Waals surface area contributed by atoms with E-state index in [-0.39, 0.29) is 12.0 Å². The Bertz CT molecular complexity index is 191. The van der Waals surface area contributed by atoms with Crippen LogP contribution in [0, 0.1) is 11.8 Å². The maximum absolute atomic E-state index is 11.2. The van der Waals surface area contributed by atoms with E-state index in [0.29, 0.717) is 5.92 Å². The Labute approximate surface area is 66.3 Å². The van der Waals surface area contributed by atoms with E-state index in [1.165, 1.54) is 13.5 Å². The number of fused-ring (bicyclic) bond motifs is 1. The van der Waals surface area contributed by atoms with Crippen LogP contribution >= 0.6 is 0 Å². The van der Waals surface area contributed by atoms with Gasteiger partial charge in [0.2, 0.25) is 0 Å². The quantitative estimate of drug-likeness (QED) is 0.503. The number of likely N-dealkylation sites (N-methyl/N-ethyl adjacent to an activating group) is 1. The number of carbonyl (C=O) groups excluding carboxylic acids is 1. The van der Waals surface area contributed by atoms with Gasteiger partial charge in [-0.3, -0.25) is 9.69 Å². The van der Waals surface area contributed by atoms with Gasteiger partial charge in [-0.2, -0.15) is 0 Å². The molecule has 0 bridgehead atoms. The van der Waals surface area contributed by atoms with Gasteiger partial charge in [0, 0.05) is 6.54 Å². The second-order valence-electron chi connectivity index (χ2n) is 3.57. The lowest BCUT2D eigenvalue weighted by atomic mass is 10.2. The molecule has 11 heavy (non-hydrogen) atoms. The first-order chi connectivity index (χ1) is 5.24. The number of esters is 1. The van der Waals surface area contributed by atoms with Gasteiger partial charge in [0.05, 0.1) is 7.11 Å². The van der Waals surface area contributed by atoms with Crippen LogP contribution in [0.25, 0.3) is 0 Å². The van der Waals surface area contributed by atoms with Crippen LogP contribution in [0.4, 0.5) is 0 Å². The molecule has 1 aliphatic carbocycles. The molecule has 2 rings (SSSR count). The van der Waals surface area contributed by atoms with Crippen molar-refractivity contribution in [1.82, 2.24) is 4.90 Å². The standard InChI is InChI=1S/C8H13NO2/c1-9-4-5-3-6(5)7(9)8(10)11-2/h5-7H,3-4H2,1-2H3/t5-,6-,7+/m1/s1. The van der Waals surface area contributed by atoms with Gasteiger partial charge in [-0.05, 0) is 25.3 Å². The molecule has 0 aromatic rings. The maximum atomic E-state index is 11.2. The molecule has 3 nitrogen and oxygen atoms in total. The molecule has 0 aromatic carbocycles. The molecule has 0 unspecified atom stereocenters. The Kier molecular flexibility index (Phi) is 1.42. The zero-order chi connectivity index (χ0) is 8.01. The molecule has 1 aliphatic heterocycles. The number of carbonyl (C=O) groups is 1. The third kappa shape index (κ3) is 0.948. The summed E-state index contributed by atoms with van der Waals surface area (Å²) >= 11 is 0. The summed E-state index contributed by atoms with van der Waals surface area (Å²) in [5, 5.41) is 0. The molecule has 0 N–H and O–H groups in total. The fraction of sp³-hybridized carbons (Fsp3) is 0.875. The molecule has 0 aromatic heterocycles. The first kappa shape index (κ1) is 7.10. The summed E-state index contributed by atoms with van der Waals surface area (Å²) in [4.78, 5) is 13.3. The summed E-state index contributed by atoms with van der Waals surface area (Å²) in [5.74, 6) is 1.33. The van der Waals surface area contributed by atoms with E-state index in [4.69, 9.17) is 4.74 Å². The van der Waals surface area contributed by atoms with Crippen LogP contribution in [0.5, 0.6) is 0 Å². The Balaban J connectivity index is 2.06. The topological polar surface area (TPSA) is 29.5 Å². The summed E-state index contributed by atoms with van der Waals surface area (Å²) in [5.41, 5.74) is 0. The van der Waals surface area contributed by atoms with Crippen molar-refractivity contribution < 1.29 is 9.53 Å². The third-order valence-corrected chi connectivity index (χ3v) is 2.82. The van der Waals surface area contributed by atoms with E-state index in [1.54, 1.807) is 0 Å². The number of rotatable bonds is 1. The highest BCUT2D eigenvalue weighted by atomic mass is 16.5. The fourth-order valence-corrected chi connectivity index (χ4v) is 2.15. The normalized spacial score (nSPS) is 41.8. The number of ether oxygens (including phenoxy) is 1. The van der Waals surface area contributed by atoms with Gasteiger partial charge < -0.3 is 4.74 Å². The van der Waals surface area contributed by atoms with Gasteiger partial charge in [-0.1, -0.05) is 0 Å². The third-order valence-electron chi connectivity index (χ3n) is 2.82. The number of hydrogen-bond acceptors (Lipinski definition) is 3. The van der Waals surface area contributed by atoms with Crippen LogP contribution < -0.4 is 0 Å². The molecule has 0 spiro atoms. The summed E-state index contributed by atoms with van der Waals surface area (Å²) in [6.07, 6.45) is 1.23. The van der Waals surface area contributed by atoms with E-state index in [9.17, 15) is 4.79 Å². The van der Waals surface area contributed by atoms with Crippen LogP contribution in [0.3, 0.4) is 0 Å². The minimum absolute atomic E-state index is 0.0579. The molecular weight excluding hydrogens is 142 g/mol. The van der Waals surface area contributed by atoms with Crippen LogP contribution in [0.1, 0.15) is 6.42 Å². The molecule has 2 aliphatic rings. The second kappa shape index (κ2) is 2.21. The molecule has 1 saturated heterocycles. The van der Waals surface area contributed by atoms with E-state index in [0.717, 1.165) is 12.5 Å². The van der Waals surface area contributed by atoms with Crippen molar-refractivity contribution in [3.05, 3.63) is 0 Å². The number of likely N-dealkylation sites (tertiary alicyclic amines) is 1. The number of nitrogens with zero attached hydrogens (tertiary/aromatic N) is 1. The van der Waals surface area contributed by atoms with Gasteiger partial charge in [-0.25, -0.2) is 0 Å². The number of hydrogen-bond donors (Lipinski definition) is 0. The monoisotopic (exact) mass is 155 g/mol. The smallest absolute Gasteiger partial charge is 0.323 e. The molecule has 2 fully saturated rings. The maximum Gasteiger partial charge on any atom is 0.323 e. The first-order valence-electron chi connectivity index (χ1n) is 4.02. The average Bonchev–Trinajstić information content (AvgIpc) is 2.63. The van der Waals surface area contributed by atoms with Gasteiger partial charge in [0.15, 0.2) is 0 Å². The van der Waals surface area contributed by atoms with Gasteiger partial charge in [0.25, 0.3) is 0 Å². The lowest BCUT2D eigenvalue weighted by molar-refractivity contribution is -0.146. The van der Waals surface area contributed by atoms with Crippen molar-refractivity contribution in [2.45, 2.75) is 12.5 Å². The highest BCUT2D eigenvalue weighted by Gasteiger charge is 2.54. The predicted octanol–water partition coefficient (Wildman–Crippen LogP) is 0.109. The zero-order valence-corrected chi connectivity index (χ0v) is 6.91. The summed E-state index contributed by atoms with van der Waals surface area (Å²) in [6.45, 7) is 1.07. The summed E-state index contributed by atoms with van der Waals surface area (Å²) in [6, 6.07) is 0.0602. The molecule has 3 atom stereocenters. The Morgan fingerprint density at radius 2 is 2.36 bits per heavy atom. The average molecular weight is 155 g/mol. The number of methoxy groups -OCH3 is 1. The molecule has 0 radical (unpaired) electrons. The van der Waals surface area contributed by atoms with E-state index in [2.05, 4.69) is 4.90 Å². The van der Waals surface area contributed by atoms with Crippen LogP contribution in [-0.4, -0.2) is 37.6 Å². The van der Waals surface area contributed by atoms with E-state index >= 15 is 0 Å². The first-order valence-corrected chi connectivity index (χ1v) is 4.02. The highest BCUT2D eigenvalue weighted by Crippen LogP contribution is 2.49. The number of piperidine rings is 1. The summed E-state index contributed by atoms with van der Waals surface area (Å²) < 4.78 is 4.72. The Morgan fingerprint density at radius 1 is 1.64 bits per heavy atom. The molecule has 3 heteroatoms. The molecule has 0 amide bonds.